The Morgan fingerprint density at radius 2 is 1.72 bits per heavy atom. The molecule has 2 N–H and O–H groups in total. The van der Waals surface area contributed by atoms with Crippen LogP contribution >= 0.6 is 12.2 Å². The molecule has 0 aliphatic heterocycles. The summed E-state index contributed by atoms with van der Waals surface area (Å²) < 4.78 is 5.58. The van der Waals surface area contributed by atoms with Crippen molar-refractivity contribution in [2.75, 3.05) is 0 Å². The molecule has 0 bridgehead atoms. The Hall–Kier alpha value is -2.40. The van der Waals surface area contributed by atoms with E-state index in [4.69, 9.17) is 17.0 Å². The molecule has 132 valence electrons. The van der Waals surface area contributed by atoms with E-state index in [1.807, 2.05) is 44.2 Å². The van der Waals surface area contributed by atoms with Crippen molar-refractivity contribution in [3.8, 4) is 5.75 Å². The molecule has 0 heterocycles. The average molecular weight is 356 g/mol. The lowest BCUT2D eigenvalue weighted by molar-refractivity contribution is 0.0976. The van der Waals surface area contributed by atoms with Crippen LogP contribution in [0.5, 0.6) is 5.75 Å². The van der Waals surface area contributed by atoms with Crippen molar-refractivity contribution in [2.45, 2.75) is 39.3 Å². The lowest BCUT2D eigenvalue weighted by Crippen LogP contribution is -2.40. The molecular weight excluding hydrogens is 332 g/mol. The van der Waals surface area contributed by atoms with E-state index in [-0.39, 0.29) is 18.1 Å². The lowest BCUT2D eigenvalue weighted by atomic mass is 10.1. The molecule has 4 nitrogen and oxygen atoms in total. The summed E-state index contributed by atoms with van der Waals surface area (Å²) in [6.07, 6.45) is 0.960. The van der Waals surface area contributed by atoms with Crippen LogP contribution in [0.4, 0.5) is 0 Å². The van der Waals surface area contributed by atoms with Gasteiger partial charge < -0.3 is 10.1 Å². The maximum Gasteiger partial charge on any atom is 0.257 e. The highest BCUT2D eigenvalue weighted by molar-refractivity contribution is 7.80. The smallest absolute Gasteiger partial charge is 0.257 e. The molecule has 0 fully saturated rings. The van der Waals surface area contributed by atoms with Crippen molar-refractivity contribution in [1.29, 1.82) is 0 Å². The second-order valence-corrected chi connectivity index (χ2v) is 6.40. The van der Waals surface area contributed by atoms with E-state index in [0.29, 0.717) is 10.7 Å². The van der Waals surface area contributed by atoms with Gasteiger partial charge in [0.25, 0.3) is 5.91 Å². The third kappa shape index (κ3) is 5.87. The molecule has 5 heteroatoms. The first kappa shape index (κ1) is 18.9. The molecule has 1 amide bonds. The van der Waals surface area contributed by atoms with Gasteiger partial charge in [-0.3, -0.25) is 10.1 Å². The zero-order valence-electron chi connectivity index (χ0n) is 14.8. The summed E-state index contributed by atoms with van der Waals surface area (Å²) in [6, 6.07) is 17.1. The Morgan fingerprint density at radius 3 is 2.28 bits per heavy atom. The summed E-state index contributed by atoms with van der Waals surface area (Å²) in [5.41, 5.74) is 1.67. The first-order chi connectivity index (χ1) is 12.0. The van der Waals surface area contributed by atoms with E-state index in [1.165, 1.54) is 0 Å². The van der Waals surface area contributed by atoms with E-state index in [1.54, 1.807) is 24.3 Å². The minimum Gasteiger partial charge on any atom is -0.491 e. The minimum absolute atomic E-state index is 0.0656. The number of rotatable bonds is 6. The molecule has 0 radical (unpaired) electrons. The van der Waals surface area contributed by atoms with Crippen LogP contribution in [-0.4, -0.2) is 17.1 Å². The van der Waals surface area contributed by atoms with Crippen LogP contribution in [0, 0.1) is 0 Å². The number of thiocarbonyl (C=S) groups is 1. The molecule has 0 aliphatic carbocycles. The van der Waals surface area contributed by atoms with Crippen molar-refractivity contribution in [2.24, 2.45) is 0 Å². The fourth-order valence-corrected chi connectivity index (χ4v) is 2.67. The molecule has 0 aromatic heterocycles. The van der Waals surface area contributed by atoms with Crippen LogP contribution in [0.3, 0.4) is 0 Å². The first-order valence-electron chi connectivity index (χ1n) is 8.43. The van der Waals surface area contributed by atoms with Crippen molar-refractivity contribution in [1.82, 2.24) is 10.6 Å². The highest BCUT2D eigenvalue weighted by atomic mass is 32.1. The number of amides is 1. The first-order valence-corrected chi connectivity index (χ1v) is 8.84. The number of hydrogen-bond donors (Lipinski definition) is 2. The van der Waals surface area contributed by atoms with Gasteiger partial charge in [-0.25, -0.2) is 0 Å². The van der Waals surface area contributed by atoms with Crippen LogP contribution in [0.25, 0.3) is 0 Å². The predicted molar refractivity (Wildman–Crippen MR) is 105 cm³/mol. The number of benzene rings is 2. The van der Waals surface area contributed by atoms with E-state index in [9.17, 15) is 4.79 Å². The minimum atomic E-state index is -0.239. The number of nitrogens with one attached hydrogen (secondary N) is 2. The molecule has 0 saturated carbocycles. The summed E-state index contributed by atoms with van der Waals surface area (Å²) in [4.78, 5) is 12.3. The molecule has 0 spiro atoms. The molecule has 2 aromatic rings. The van der Waals surface area contributed by atoms with Gasteiger partial charge in [-0.2, -0.15) is 0 Å². The van der Waals surface area contributed by atoms with Crippen LogP contribution in [0.1, 0.15) is 49.2 Å². The van der Waals surface area contributed by atoms with Crippen molar-refractivity contribution in [3.63, 3.8) is 0 Å². The molecule has 1 atom stereocenters. The highest BCUT2D eigenvalue weighted by Crippen LogP contribution is 2.16. The van der Waals surface area contributed by atoms with Gasteiger partial charge in [0.05, 0.1) is 12.1 Å². The summed E-state index contributed by atoms with van der Waals surface area (Å²) in [5, 5.41) is 6.25. The maximum absolute atomic E-state index is 12.3. The standard InChI is InChI=1S/C20H24N2O2S/c1-4-18(15-8-6-5-7-9-15)21-20(25)22-19(23)16-10-12-17(13-11-16)24-14(2)3/h5-14,18H,4H2,1-3H3,(H2,21,22,23,25). The van der Waals surface area contributed by atoms with E-state index in [0.717, 1.165) is 17.7 Å². The molecule has 2 rings (SSSR count). The maximum atomic E-state index is 12.3. The molecule has 1 unspecified atom stereocenters. The van der Waals surface area contributed by atoms with Gasteiger partial charge in [-0.15, -0.1) is 0 Å². The number of hydrogen-bond acceptors (Lipinski definition) is 3. The van der Waals surface area contributed by atoms with Crippen LogP contribution in [0.2, 0.25) is 0 Å². The Labute approximate surface area is 154 Å². The fourth-order valence-electron chi connectivity index (χ4n) is 2.43. The van der Waals surface area contributed by atoms with Crippen molar-refractivity contribution >= 4 is 23.2 Å². The van der Waals surface area contributed by atoms with Gasteiger partial charge in [0.15, 0.2) is 5.11 Å². The Bertz CT molecular complexity index is 699. The molecule has 2 aromatic carbocycles. The van der Waals surface area contributed by atoms with Crippen LogP contribution < -0.4 is 15.4 Å². The second-order valence-electron chi connectivity index (χ2n) is 5.99. The average Bonchev–Trinajstić information content (AvgIpc) is 2.60. The summed E-state index contributed by atoms with van der Waals surface area (Å²) in [7, 11) is 0. The van der Waals surface area contributed by atoms with Gasteiger partial charge in [-0.05, 0) is 62.3 Å². The normalized spacial score (nSPS) is 11.7. The highest BCUT2D eigenvalue weighted by Gasteiger charge is 2.13. The Morgan fingerprint density at radius 1 is 1.08 bits per heavy atom. The molecule has 25 heavy (non-hydrogen) atoms. The molecule has 0 saturated heterocycles. The molecule has 0 aliphatic rings. The van der Waals surface area contributed by atoms with Gasteiger partial charge in [0.1, 0.15) is 5.75 Å². The van der Waals surface area contributed by atoms with E-state index in [2.05, 4.69) is 17.6 Å². The van der Waals surface area contributed by atoms with Crippen molar-refractivity contribution < 1.29 is 9.53 Å². The Balaban J connectivity index is 1.94. The summed E-state index contributed by atoms with van der Waals surface area (Å²) in [5.74, 6) is 0.499. The Kier molecular flexibility index (Phi) is 6.95. The monoisotopic (exact) mass is 356 g/mol. The second kappa shape index (κ2) is 9.18. The number of ether oxygens (including phenoxy) is 1. The van der Waals surface area contributed by atoms with E-state index >= 15 is 0 Å². The third-order valence-corrected chi connectivity index (χ3v) is 3.85. The topological polar surface area (TPSA) is 50.4 Å². The zero-order chi connectivity index (χ0) is 18.2. The molecular formula is C20H24N2O2S. The lowest BCUT2D eigenvalue weighted by Gasteiger charge is -2.19. The quantitative estimate of drug-likeness (QED) is 0.761. The SMILES string of the molecule is CCC(NC(=S)NC(=O)c1ccc(OC(C)C)cc1)c1ccccc1. The van der Waals surface area contributed by atoms with Gasteiger partial charge in [0.2, 0.25) is 0 Å². The zero-order valence-corrected chi connectivity index (χ0v) is 15.6. The van der Waals surface area contributed by atoms with Crippen LogP contribution in [0.15, 0.2) is 54.6 Å². The predicted octanol–water partition coefficient (Wildman–Crippen LogP) is 4.23. The van der Waals surface area contributed by atoms with Crippen molar-refractivity contribution in [3.05, 3.63) is 65.7 Å². The van der Waals surface area contributed by atoms with Gasteiger partial charge in [0, 0.05) is 5.56 Å². The number of carbonyl (C=O) groups excluding carboxylic acids is 1. The number of carbonyl (C=O) groups is 1. The summed E-state index contributed by atoms with van der Waals surface area (Å²) in [6.45, 7) is 5.99. The third-order valence-electron chi connectivity index (χ3n) is 3.63. The largest absolute Gasteiger partial charge is 0.491 e. The van der Waals surface area contributed by atoms with Crippen LogP contribution in [-0.2, 0) is 0 Å². The van der Waals surface area contributed by atoms with E-state index < -0.39 is 0 Å². The van der Waals surface area contributed by atoms with Gasteiger partial charge in [-0.1, -0.05) is 37.3 Å². The summed E-state index contributed by atoms with van der Waals surface area (Å²) >= 11 is 5.29. The fraction of sp³-hybridized carbons (Fsp3) is 0.300. The van der Waals surface area contributed by atoms with Gasteiger partial charge >= 0.3 is 0 Å².